The number of nitrogens with zero attached hydrogens (tertiary/aromatic N) is 2. The Morgan fingerprint density at radius 1 is 1.10 bits per heavy atom. The molecule has 0 bridgehead atoms. The maximum absolute atomic E-state index is 13.2. The van der Waals surface area contributed by atoms with Crippen molar-refractivity contribution >= 4 is 22.5 Å². The van der Waals surface area contributed by atoms with Gasteiger partial charge in [0.05, 0.1) is 28.9 Å². The van der Waals surface area contributed by atoms with E-state index in [2.05, 4.69) is 20.8 Å². The van der Waals surface area contributed by atoms with Gasteiger partial charge < -0.3 is 10.6 Å². The first-order chi connectivity index (χ1) is 14.8. The minimum Gasteiger partial charge on any atom is -0.382 e. The summed E-state index contributed by atoms with van der Waals surface area (Å²) in [5, 5.41) is 22.7. The minimum atomic E-state index is -4.58. The highest BCUT2D eigenvalue weighted by molar-refractivity contribution is 5.98. The summed E-state index contributed by atoms with van der Waals surface area (Å²) in [6.45, 7) is 0. The Morgan fingerprint density at radius 3 is 2.55 bits per heavy atom. The maximum Gasteiger partial charge on any atom is 0.417 e. The molecule has 1 saturated carbocycles. The van der Waals surface area contributed by atoms with Gasteiger partial charge >= 0.3 is 6.18 Å². The van der Waals surface area contributed by atoms with Crippen LogP contribution in [0.15, 0.2) is 42.6 Å². The molecule has 2 aromatic carbocycles. The lowest BCUT2D eigenvalue weighted by atomic mass is 9.90. The molecular weight excluding hydrogens is 407 g/mol. The largest absolute Gasteiger partial charge is 0.417 e. The first-order valence-corrected chi connectivity index (χ1v) is 9.95. The summed E-state index contributed by atoms with van der Waals surface area (Å²) in [6, 6.07) is 10.6. The normalized spacial score (nSPS) is 19.0. The highest BCUT2D eigenvalue weighted by Crippen LogP contribution is 2.34. The molecule has 1 aliphatic rings. The van der Waals surface area contributed by atoms with Gasteiger partial charge in [-0.05, 0) is 62.1 Å². The number of halogens is 3. The SMILES string of the molecule is N#Cc1ccc(NC2CCC(NC(=O)c3ccc4[nH]ncc4c3)CC2)cc1C(F)(F)F. The number of H-pyrrole nitrogens is 1. The molecule has 6 nitrogen and oxygen atoms in total. The zero-order valence-corrected chi connectivity index (χ0v) is 16.5. The molecule has 0 unspecified atom stereocenters. The van der Waals surface area contributed by atoms with Gasteiger partial charge in [0.1, 0.15) is 0 Å². The summed E-state index contributed by atoms with van der Waals surface area (Å²) >= 11 is 0. The molecule has 31 heavy (non-hydrogen) atoms. The lowest BCUT2D eigenvalue weighted by Crippen LogP contribution is -2.40. The van der Waals surface area contributed by atoms with Crippen LogP contribution in [0.4, 0.5) is 18.9 Å². The van der Waals surface area contributed by atoms with Crippen LogP contribution in [0.25, 0.3) is 10.9 Å². The van der Waals surface area contributed by atoms with Gasteiger partial charge in [0, 0.05) is 28.7 Å². The summed E-state index contributed by atoms with van der Waals surface area (Å²) in [4.78, 5) is 12.6. The molecule has 1 fully saturated rings. The van der Waals surface area contributed by atoms with Gasteiger partial charge in [-0.2, -0.15) is 23.5 Å². The number of hydrogen-bond donors (Lipinski definition) is 3. The summed E-state index contributed by atoms with van der Waals surface area (Å²) in [5.74, 6) is -0.151. The highest BCUT2D eigenvalue weighted by Gasteiger charge is 2.34. The van der Waals surface area contributed by atoms with Gasteiger partial charge in [-0.15, -0.1) is 0 Å². The fraction of sp³-hybridized carbons (Fsp3) is 0.318. The fourth-order valence-corrected chi connectivity index (χ4v) is 3.94. The third kappa shape index (κ3) is 4.63. The number of aromatic amines is 1. The molecule has 1 heterocycles. The summed E-state index contributed by atoms with van der Waals surface area (Å²) in [7, 11) is 0. The van der Waals surface area contributed by atoms with Crippen LogP contribution in [0, 0.1) is 11.3 Å². The maximum atomic E-state index is 13.2. The van der Waals surface area contributed by atoms with E-state index < -0.39 is 17.3 Å². The van der Waals surface area contributed by atoms with Crippen molar-refractivity contribution in [3.05, 3.63) is 59.3 Å². The molecule has 1 aromatic heterocycles. The average molecular weight is 427 g/mol. The zero-order chi connectivity index (χ0) is 22.0. The molecule has 0 spiro atoms. The Labute approximate surface area is 176 Å². The number of carbonyl (C=O) groups excluding carboxylic acids is 1. The van der Waals surface area contributed by atoms with Crippen molar-refractivity contribution in [3.63, 3.8) is 0 Å². The van der Waals surface area contributed by atoms with Crippen LogP contribution in [0.3, 0.4) is 0 Å². The summed E-state index contributed by atoms with van der Waals surface area (Å²) in [6.07, 6.45) is -0.0415. The van der Waals surface area contributed by atoms with Crippen LogP contribution in [0.1, 0.15) is 47.2 Å². The van der Waals surface area contributed by atoms with Crippen LogP contribution in [-0.4, -0.2) is 28.2 Å². The van der Waals surface area contributed by atoms with E-state index in [9.17, 15) is 18.0 Å². The third-order valence-corrected chi connectivity index (χ3v) is 5.58. The lowest BCUT2D eigenvalue weighted by molar-refractivity contribution is -0.137. The minimum absolute atomic E-state index is 0.00412. The van der Waals surface area contributed by atoms with Gasteiger partial charge in [0.25, 0.3) is 5.91 Å². The van der Waals surface area contributed by atoms with E-state index >= 15 is 0 Å². The van der Waals surface area contributed by atoms with E-state index in [-0.39, 0.29) is 18.0 Å². The highest BCUT2D eigenvalue weighted by atomic mass is 19.4. The number of aromatic nitrogens is 2. The molecule has 0 radical (unpaired) electrons. The molecule has 9 heteroatoms. The van der Waals surface area contributed by atoms with Crippen molar-refractivity contribution in [2.75, 3.05) is 5.32 Å². The monoisotopic (exact) mass is 427 g/mol. The first kappa shape index (κ1) is 20.7. The molecule has 4 rings (SSSR count). The number of nitrogens with one attached hydrogen (secondary N) is 3. The quantitative estimate of drug-likeness (QED) is 0.567. The van der Waals surface area contributed by atoms with E-state index in [1.54, 1.807) is 24.4 Å². The van der Waals surface area contributed by atoms with Crippen LogP contribution in [0.2, 0.25) is 0 Å². The van der Waals surface area contributed by atoms with Gasteiger partial charge in [-0.1, -0.05) is 0 Å². The topological polar surface area (TPSA) is 93.6 Å². The van der Waals surface area contributed by atoms with Gasteiger partial charge in [0.15, 0.2) is 0 Å². The van der Waals surface area contributed by atoms with Crippen molar-refractivity contribution in [1.82, 2.24) is 15.5 Å². The van der Waals surface area contributed by atoms with E-state index in [0.717, 1.165) is 29.8 Å². The van der Waals surface area contributed by atoms with Gasteiger partial charge in [-0.25, -0.2) is 0 Å². The summed E-state index contributed by atoms with van der Waals surface area (Å²) in [5.41, 5.74) is 0.437. The van der Waals surface area contributed by atoms with Crippen LogP contribution >= 0.6 is 0 Å². The number of hydrogen-bond acceptors (Lipinski definition) is 4. The second kappa shape index (κ2) is 8.30. The van der Waals surface area contributed by atoms with E-state index in [4.69, 9.17) is 5.26 Å². The first-order valence-electron chi connectivity index (χ1n) is 9.95. The number of carbonyl (C=O) groups is 1. The van der Waals surface area contributed by atoms with Crippen LogP contribution in [-0.2, 0) is 6.18 Å². The van der Waals surface area contributed by atoms with E-state index in [0.29, 0.717) is 24.1 Å². The number of rotatable bonds is 4. The molecule has 1 amide bonds. The molecule has 0 saturated heterocycles. The van der Waals surface area contributed by atoms with Crippen LogP contribution < -0.4 is 10.6 Å². The smallest absolute Gasteiger partial charge is 0.382 e. The summed E-state index contributed by atoms with van der Waals surface area (Å²) < 4.78 is 39.5. The number of alkyl halides is 3. The molecule has 3 N–H and O–H groups in total. The van der Waals surface area contributed by atoms with Crippen LogP contribution in [0.5, 0.6) is 0 Å². The van der Waals surface area contributed by atoms with Crippen molar-refractivity contribution in [2.45, 2.75) is 43.9 Å². The van der Waals surface area contributed by atoms with Crippen molar-refractivity contribution in [2.24, 2.45) is 0 Å². The number of nitriles is 1. The van der Waals surface area contributed by atoms with Crippen molar-refractivity contribution in [3.8, 4) is 6.07 Å². The van der Waals surface area contributed by atoms with Gasteiger partial charge in [0.2, 0.25) is 0 Å². The third-order valence-electron chi connectivity index (χ3n) is 5.58. The van der Waals surface area contributed by atoms with Crippen molar-refractivity contribution < 1.29 is 18.0 Å². The zero-order valence-electron chi connectivity index (χ0n) is 16.5. The Bertz CT molecular complexity index is 1140. The Hall–Kier alpha value is -3.54. The molecule has 1 aliphatic carbocycles. The Balaban J connectivity index is 1.33. The standard InChI is InChI=1S/C22H20F3N5O/c23-22(24,25)19-10-18(3-1-14(19)11-26)28-16-4-6-17(7-5-16)29-21(31)13-2-8-20-15(9-13)12-27-30-20/h1-3,8-10,12,16-17,28H,4-7H2,(H,27,30)(H,29,31). The average Bonchev–Trinajstić information content (AvgIpc) is 3.22. The van der Waals surface area contributed by atoms with E-state index in [1.165, 1.54) is 12.1 Å². The second-order valence-electron chi connectivity index (χ2n) is 7.71. The number of anilines is 1. The molecule has 160 valence electrons. The number of amides is 1. The Kier molecular flexibility index (Phi) is 5.55. The van der Waals surface area contributed by atoms with Crippen molar-refractivity contribution in [1.29, 1.82) is 5.26 Å². The Morgan fingerprint density at radius 2 is 1.84 bits per heavy atom. The molecule has 0 aliphatic heterocycles. The van der Waals surface area contributed by atoms with Gasteiger partial charge in [-0.3, -0.25) is 9.89 Å². The fourth-order valence-electron chi connectivity index (χ4n) is 3.94. The molecular formula is C22H20F3N5O. The molecule has 3 aromatic rings. The predicted molar refractivity (Wildman–Crippen MR) is 109 cm³/mol. The predicted octanol–water partition coefficient (Wildman–Crippen LogP) is 4.61. The number of benzene rings is 2. The number of fused-ring (bicyclic) bond motifs is 1. The second-order valence-corrected chi connectivity index (χ2v) is 7.71. The molecule has 0 atom stereocenters. The lowest BCUT2D eigenvalue weighted by Gasteiger charge is -2.30. The van der Waals surface area contributed by atoms with E-state index in [1.807, 2.05) is 6.07 Å².